The molecule has 0 N–H and O–H groups in total. The summed E-state index contributed by atoms with van der Waals surface area (Å²) < 4.78 is 0. The van der Waals surface area contributed by atoms with Crippen LogP contribution in [0.4, 0.5) is 0 Å². The van der Waals surface area contributed by atoms with Crippen LogP contribution in [0.25, 0.3) is 0 Å². The van der Waals surface area contributed by atoms with E-state index in [4.69, 9.17) is 0 Å². The molecule has 1 radical (unpaired) electrons. The van der Waals surface area contributed by atoms with Crippen LogP contribution < -0.4 is 0 Å². The highest BCUT2D eigenvalue weighted by atomic mass is 13.9. The summed E-state index contributed by atoms with van der Waals surface area (Å²) in [5.74, 6) is 0. The van der Waals surface area contributed by atoms with Crippen molar-refractivity contribution in [2.45, 2.75) is 25.7 Å². The lowest BCUT2D eigenvalue weighted by molar-refractivity contribution is 1.03. The summed E-state index contributed by atoms with van der Waals surface area (Å²) in [6.07, 6.45) is 24.0. The van der Waals surface area contributed by atoms with E-state index >= 15 is 0 Å². The van der Waals surface area contributed by atoms with Crippen LogP contribution in [0.2, 0.25) is 0 Å². The highest BCUT2D eigenvalue weighted by Gasteiger charge is 1.81. The van der Waals surface area contributed by atoms with Gasteiger partial charge in [-0.25, -0.2) is 0 Å². The monoisotopic (exact) mass is 173 g/mol. The van der Waals surface area contributed by atoms with Gasteiger partial charge in [0.25, 0.3) is 0 Å². The van der Waals surface area contributed by atoms with Crippen LogP contribution in [-0.2, 0) is 0 Å². The van der Waals surface area contributed by atoms with Crippen molar-refractivity contribution in [2.75, 3.05) is 0 Å². The SMILES string of the molecule is [CH]1C/C=C\CC\C=C/C=C/C=C/C1. The molecule has 0 saturated carbocycles. The first-order chi connectivity index (χ1) is 6.50. The van der Waals surface area contributed by atoms with Crippen LogP contribution in [0.1, 0.15) is 25.7 Å². The van der Waals surface area contributed by atoms with Crippen molar-refractivity contribution in [3.05, 3.63) is 55.0 Å². The third-order valence-electron chi connectivity index (χ3n) is 1.88. The Kier molecular flexibility index (Phi) is 5.87. The quantitative estimate of drug-likeness (QED) is 0.486. The van der Waals surface area contributed by atoms with E-state index < -0.39 is 0 Å². The molecule has 0 amide bonds. The van der Waals surface area contributed by atoms with E-state index in [0.29, 0.717) is 0 Å². The van der Waals surface area contributed by atoms with Gasteiger partial charge in [-0.2, -0.15) is 0 Å². The summed E-state index contributed by atoms with van der Waals surface area (Å²) in [4.78, 5) is 0. The van der Waals surface area contributed by atoms with Crippen molar-refractivity contribution < 1.29 is 0 Å². The molecule has 69 valence electrons. The number of rotatable bonds is 0. The Hall–Kier alpha value is -1.04. The molecule has 0 nitrogen and oxygen atoms in total. The van der Waals surface area contributed by atoms with Gasteiger partial charge >= 0.3 is 0 Å². The molecular weight excluding hydrogens is 156 g/mol. The standard InChI is InChI=1S/C13H17/c1-2-4-6-8-10-12-13-11-9-7-5-3-1/h1-6,9,12-13H,7-8,10-11H2/b2-1+,5-3+,6-4-,13-12-. The Labute approximate surface area is 81.4 Å². The molecule has 0 aromatic carbocycles. The maximum Gasteiger partial charge on any atom is -0.0311 e. The average Bonchev–Trinajstić information content (AvgIpc) is 2.18. The van der Waals surface area contributed by atoms with Gasteiger partial charge < -0.3 is 0 Å². The molecule has 0 fully saturated rings. The lowest BCUT2D eigenvalue weighted by Gasteiger charge is -1.89. The fourth-order valence-electron chi connectivity index (χ4n) is 1.16. The lowest BCUT2D eigenvalue weighted by Crippen LogP contribution is -1.70. The highest BCUT2D eigenvalue weighted by Crippen LogP contribution is 2.00. The van der Waals surface area contributed by atoms with E-state index in [1.54, 1.807) is 0 Å². The topological polar surface area (TPSA) is 0 Å². The molecule has 1 rings (SSSR count). The second-order valence-electron chi connectivity index (χ2n) is 3.05. The van der Waals surface area contributed by atoms with Crippen molar-refractivity contribution >= 4 is 0 Å². The predicted octanol–water partition coefficient (Wildman–Crippen LogP) is 3.99. The van der Waals surface area contributed by atoms with Gasteiger partial charge in [-0.15, -0.1) is 0 Å². The van der Waals surface area contributed by atoms with Gasteiger partial charge in [0, 0.05) is 0 Å². The van der Waals surface area contributed by atoms with Crippen molar-refractivity contribution in [1.29, 1.82) is 0 Å². The van der Waals surface area contributed by atoms with Gasteiger partial charge in [0.2, 0.25) is 0 Å². The molecular formula is C13H17. The van der Waals surface area contributed by atoms with Gasteiger partial charge in [0.1, 0.15) is 0 Å². The molecule has 0 heterocycles. The summed E-state index contributed by atoms with van der Waals surface area (Å²) in [5.41, 5.74) is 0. The summed E-state index contributed by atoms with van der Waals surface area (Å²) in [5, 5.41) is 0. The van der Waals surface area contributed by atoms with E-state index in [0.717, 1.165) is 25.7 Å². The molecule has 1 aliphatic carbocycles. The average molecular weight is 173 g/mol. The molecule has 13 heavy (non-hydrogen) atoms. The van der Waals surface area contributed by atoms with Crippen LogP contribution in [0.5, 0.6) is 0 Å². The smallest absolute Gasteiger partial charge is 0.0311 e. The van der Waals surface area contributed by atoms with Gasteiger partial charge in [-0.05, 0) is 32.1 Å². The minimum atomic E-state index is 1.07. The van der Waals surface area contributed by atoms with Crippen LogP contribution in [0, 0.1) is 6.42 Å². The third kappa shape index (κ3) is 6.15. The second kappa shape index (κ2) is 7.60. The summed E-state index contributed by atoms with van der Waals surface area (Å²) in [6, 6.07) is 0. The first-order valence-electron chi connectivity index (χ1n) is 4.95. The fraction of sp³-hybridized carbons (Fsp3) is 0.308. The Morgan fingerprint density at radius 1 is 0.538 bits per heavy atom. The number of hydrogen-bond acceptors (Lipinski definition) is 0. The Bertz CT molecular complexity index is 216. The zero-order valence-corrected chi connectivity index (χ0v) is 8.02. The molecule has 0 aliphatic heterocycles. The van der Waals surface area contributed by atoms with Gasteiger partial charge in [0.05, 0.1) is 0 Å². The normalized spacial score (nSPS) is 28.9. The maximum atomic E-state index is 2.28. The molecule has 0 bridgehead atoms. The van der Waals surface area contributed by atoms with Gasteiger partial charge in [0.15, 0.2) is 0 Å². The fourth-order valence-corrected chi connectivity index (χ4v) is 1.16. The summed E-state index contributed by atoms with van der Waals surface area (Å²) >= 11 is 0. The van der Waals surface area contributed by atoms with E-state index in [-0.39, 0.29) is 0 Å². The van der Waals surface area contributed by atoms with Crippen molar-refractivity contribution in [2.24, 2.45) is 0 Å². The van der Waals surface area contributed by atoms with E-state index in [1.165, 1.54) is 0 Å². The number of hydrogen-bond donors (Lipinski definition) is 0. The molecule has 0 aromatic rings. The minimum absolute atomic E-state index is 1.07. The predicted molar refractivity (Wildman–Crippen MR) is 59.3 cm³/mol. The molecule has 0 heteroatoms. The molecule has 0 saturated heterocycles. The first-order valence-corrected chi connectivity index (χ1v) is 4.95. The molecule has 0 aromatic heterocycles. The third-order valence-corrected chi connectivity index (χ3v) is 1.88. The van der Waals surface area contributed by atoms with E-state index in [9.17, 15) is 0 Å². The first kappa shape index (κ1) is 10.0. The largest absolute Gasteiger partial charge is 0.0882 e. The maximum absolute atomic E-state index is 2.28. The van der Waals surface area contributed by atoms with E-state index in [1.807, 2.05) is 0 Å². The Balaban J connectivity index is 2.38. The van der Waals surface area contributed by atoms with Crippen molar-refractivity contribution in [3.8, 4) is 0 Å². The van der Waals surface area contributed by atoms with Crippen LogP contribution in [-0.4, -0.2) is 0 Å². The number of allylic oxidation sites excluding steroid dienone is 8. The van der Waals surface area contributed by atoms with Gasteiger partial charge in [-0.3, -0.25) is 0 Å². The zero-order chi connectivity index (χ0) is 9.19. The zero-order valence-electron chi connectivity index (χ0n) is 8.02. The van der Waals surface area contributed by atoms with Crippen molar-refractivity contribution in [3.63, 3.8) is 0 Å². The summed E-state index contributed by atoms with van der Waals surface area (Å²) in [6.45, 7) is 0. The van der Waals surface area contributed by atoms with Crippen LogP contribution in [0.15, 0.2) is 48.6 Å². The second-order valence-corrected chi connectivity index (χ2v) is 3.05. The van der Waals surface area contributed by atoms with Crippen LogP contribution >= 0.6 is 0 Å². The Morgan fingerprint density at radius 2 is 1.23 bits per heavy atom. The Morgan fingerprint density at radius 3 is 2.15 bits per heavy atom. The van der Waals surface area contributed by atoms with E-state index in [2.05, 4.69) is 55.0 Å². The summed E-state index contributed by atoms with van der Waals surface area (Å²) in [7, 11) is 0. The highest BCUT2D eigenvalue weighted by molar-refractivity contribution is 5.12. The van der Waals surface area contributed by atoms with Crippen LogP contribution in [0.3, 0.4) is 0 Å². The lowest BCUT2D eigenvalue weighted by atomic mass is 10.2. The minimum Gasteiger partial charge on any atom is -0.0882 e. The molecule has 1 aliphatic rings. The molecule has 0 spiro atoms. The molecule has 0 atom stereocenters. The molecule has 0 unspecified atom stereocenters. The van der Waals surface area contributed by atoms with Gasteiger partial charge in [-0.1, -0.05) is 48.6 Å². The van der Waals surface area contributed by atoms with Crippen molar-refractivity contribution in [1.82, 2.24) is 0 Å².